The van der Waals surface area contributed by atoms with Crippen LogP contribution >= 0.6 is 0 Å². The molecule has 0 unspecified atom stereocenters. The molecule has 0 atom stereocenters. The molecule has 0 saturated carbocycles. The van der Waals surface area contributed by atoms with E-state index in [1.165, 1.54) is 6.07 Å². The van der Waals surface area contributed by atoms with E-state index in [9.17, 15) is 13.2 Å². The number of para-hydroxylation sites is 1. The minimum atomic E-state index is -4.66. The number of aryl methyl sites for hydroxylation is 1. The van der Waals surface area contributed by atoms with Crippen molar-refractivity contribution in [2.24, 2.45) is 0 Å². The molecule has 5 heteroatoms. The van der Waals surface area contributed by atoms with Gasteiger partial charge in [0.1, 0.15) is 0 Å². The summed E-state index contributed by atoms with van der Waals surface area (Å²) in [6.45, 7) is 2.08. The van der Waals surface area contributed by atoms with Gasteiger partial charge in [0.05, 0.1) is 5.52 Å². The molecule has 0 fully saturated rings. The van der Waals surface area contributed by atoms with Gasteiger partial charge in [-0.2, -0.15) is 0 Å². The Morgan fingerprint density at radius 1 is 1.28 bits per heavy atom. The van der Waals surface area contributed by atoms with Crippen molar-refractivity contribution >= 4 is 10.9 Å². The Hall–Kier alpha value is -1.65. The number of nitrogens with one attached hydrogen (secondary N) is 1. The molecule has 0 radical (unpaired) electrons. The van der Waals surface area contributed by atoms with Crippen LogP contribution in [0.4, 0.5) is 13.2 Å². The fraction of sp³-hybridized carbons (Fsp3) is 0.385. The number of halogens is 3. The van der Waals surface area contributed by atoms with Crippen molar-refractivity contribution < 1.29 is 17.9 Å². The second-order valence-electron chi connectivity index (χ2n) is 4.14. The number of unbranched alkanes of at least 4 members (excludes halogenated alkanes) is 1. The van der Waals surface area contributed by atoms with Crippen LogP contribution in [0.25, 0.3) is 10.9 Å². The number of alkyl halides is 3. The van der Waals surface area contributed by atoms with Gasteiger partial charge >= 0.3 is 6.36 Å². The molecular formula is C13H14F3NO. The number of hydrogen-bond acceptors (Lipinski definition) is 1. The highest BCUT2D eigenvalue weighted by molar-refractivity contribution is 5.88. The Bertz CT molecular complexity index is 531. The van der Waals surface area contributed by atoms with Gasteiger partial charge in [0.25, 0.3) is 0 Å². The van der Waals surface area contributed by atoms with Crippen LogP contribution in [-0.4, -0.2) is 11.3 Å². The first kappa shape index (κ1) is 12.8. The van der Waals surface area contributed by atoms with Crippen LogP contribution in [0.3, 0.4) is 0 Å². The number of benzene rings is 1. The largest absolute Gasteiger partial charge is 0.573 e. The number of rotatable bonds is 4. The van der Waals surface area contributed by atoms with Gasteiger partial charge in [0, 0.05) is 11.6 Å². The summed E-state index contributed by atoms with van der Waals surface area (Å²) in [7, 11) is 0. The quantitative estimate of drug-likeness (QED) is 0.862. The van der Waals surface area contributed by atoms with E-state index in [1.807, 2.05) is 0 Å². The summed E-state index contributed by atoms with van der Waals surface area (Å²) in [4.78, 5) is 2.86. The Balaban J connectivity index is 2.36. The van der Waals surface area contributed by atoms with Crippen LogP contribution in [-0.2, 0) is 6.42 Å². The molecule has 1 aromatic carbocycles. The first-order valence-corrected chi connectivity index (χ1v) is 5.86. The summed E-state index contributed by atoms with van der Waals surface area (Å²) < 4.78 is 40.7. The highest BCUT2D eigenvalue weighted by Gasteiger charge is 2.32. The maximum Gasteiger partial charge on any atom is 0.573 e. The lowest BCUT2D eigenvalue weighted by Crippen LogP contribution is -2.17. The lowest BCUT2D eigenvalue weighted by molar-refractivity contribution is -0.274. The molecular weight excluding hydrogens is 243 g/mol. The van der Waals surface area contributed by atoms with Crippen molar-refractivity contribution in [3.63, 3.8) is 0 Å². The fourth-order valence-electron chi connectivity index (χ4n) is 1.97. The number of H-pyrrole nitrogens is 1. The zero-order valence-corrected chi connectivity index (χ0v) is 9.97. The number of fused-ring (bicyclic) bond motifs is 1. The third-order valence-electron chi connectivity index (χ3n) is 2.79. The molecule has 2 nitrogen and oxygen atoms in total. The predicted molar refractivity (Wildman–Crippen MR) is 63.6 cm³/mol. The topological polar surface area (TPSA) is 25.0 Å². The molecule has 18 heavy (non-hydrogen) atoms. The maximum atomic E-state index is 12.2. The van der Waals surface area contributed by atoms with Gasteiger partial charge in [0.15, 0.2) is 5.75 Å². The first-order valence-electron chi connectivity index (χ1n) is 5.86. The highest BCUT2D eigenvalue weighted by atomic mass is 19.4. The van der Waals surface area contributed by atoms with Gasteiger partial charge in [-0.15, -0.1) is 13.2 Å². The number of hydrogen-bond donors (Lipinski definition) is 1. The summed E-state index contributed by atoms with van der Waals surface area (Å²) in [5.41, 5.74) is 1.43. The lowest BCUT2D eigenvalue weighted by atomic mass is 10.1. The maximum absolute atomic E-state index is 12.2. The number of aromatic nitrogens is 1. The van der Waals surface area contributed by atoms with Crippen LogP contribution in [0.1, 0.15) is 25.3 Å². The van der Waals surface area contributed by atoms with E-state index in [-0.39, 0.29) is 5.75 Å². The molecule has 0 aliphatic rings. The summed E-state index contributed by atoms with van der Waals surface area (Å²) >= 11 is 0. The van der Waals surface area contributed by atoms with Crippen LogP contribution in [0.15, 0.2) is 24.4 Å². The molecule has 1 aromatic heterocycles. The van der Waals surface area contributed by atoms with Crippen molar-refractivity contribution in [1.29, 1.82) is 0 Å². The zero-order chi connectivity index (χ0) is 13.2. The third kappa shape index (κ3) is 2.78. The summed E-state index contributed by atoms with van der Waals surface area (Å²) in [5, 5.41) is 0.796. The van der Waals surface area contributed by atoms with Crippen molar-refractivity contribution in [2.75, 3.05) is 0 Å². The second kappa shape index (κ2) is 4.92. The Kier molecular flexibility index (Phi) is 3.50. The zero-order valence-electron chi connectivity index (χ0n) is 9.97. The number of ether oxygens (including phenoxy) is 1. The van der Waals surface area contributed by atoms with E-state index < -0.39 is 6.36 Å². The molecule has 0 amide bonds. The van der Waals surface area contributed by atoms with Crippen molar-refractivity contribution in [3.8, 4) is 5.75 Å². The summed E-state index contributed by atoms with van der Waals surface area (Å²) in [6, 6.07) is 4.70. The monoisotopic (exact) mass is 257 g/mol. The van der Waals surface area contributed by atoms with E-state index >= 15 is 0 Å². The van der Waals surface area contributed by atoms with Crippen LogP contribution in [0.5, 0.6) is 5.75 Å². The molecule has 0 saturated heterocycles. The smallest absolute Gasteiger partial charge is 0.404 e. The fourth-order valence-corrected chi connectivity index (χ4v) is 1.97. The van der Waals surface area contributed by atoms with E-state index in [0.717, 1.165) is 30.2 Å². The van der Waals surface area contributed by atoms with Gasteiger partial charge in [-0.05, 0) is 24.5 Å². The molecule has 1 N–H and O–H groups in total. The van der Waals surface area contributed by atoms with Crippen molar-refractivity contribution in [1.82, 2.24) is 4.98 Å². The van der Waals surface area contributed by atoms with Crippen LogP contribution < -0.4 is 4.74 Å². The minimum Gasteiger partial charge on any atom is -0.404 e. The van der Waals surface area contributed by atoms with E-state index in [1.54, 1.807) is 18.3 Å². The standard InChI is InChI=1S/C13H14F3NO/c1-2-3-5-9-8-17-12-10(9)6-4-7-11(12)18-13(14,15)16/h4,6-8,17H,2-3,5H2,1H3. The third-order valence-corrected chi connectivity index (χ3v) is 2.79. The second-order valence-corrected chi connectivity index (χ2v) is 4.14. The van der Waals surface area contributed by atoms with Gasteiger partial charge in [-0.25, -0.2) is 0 Å². The Morgan fingerprint density at radius 2 is 2.06 bits per heavy atom. The van der Waals surface area contributed by atoms with Gasteiger partial charge in [-0.1, -0.05) is 25.5 Å². The number of aromatic amines is 1. The molecule has 2 aromatic rings. The van der Waals surface area contributed by atoms with Crippen molar-refractivity contribution in [2.45, 2.75) is 32.5 Å². The Morgan fingerprint density at radius 3 is 2.72 bits per heavy atom. The van der Waals surface area contributed by atoms with E-state index in [0.29, 0.717) is 5.52 Å². The van der Waals surface area contributed by atoms with Crippen LogP contribution in [0, 0.1) is 0 Å². The molecule has 0 aliphatic carbocycles. The van der Waals surface area contributed by atoms with Crippen molar-refractivity contribution in [3.05, 3.63) is 30.0 Å². The molecule has 98 valence electrons. The highest BCUT2D eigenvalue weighted by Crippen LogP contribution is 2.31. The SMILES string of the molecule is CCCCc1c[nH]c2c(OC(F)(F)F)cccc12. The van der Waals surface area contributed by atoms with Gasteiger partial charge in [-0.3, -0.25) is 0 Å². The van der Waals surface area contributed by atoms with E-state index in [2.05, 4.69) is 16.6 Å². The van der Waals surface area contributed by atoms with Gasteiger partial charge < -0.3 is 9.72 Å². The normalized spacial score (nSPS) is 12.0. The average Bonchev–Trinajstić information content (AvgIpc) is 2.69. The lowest BCUT2D eigenvalue weighted by Gasteiger charge is -2.09. The van der Waals surface area contributed by atoms with Gasteiger partial charge in [0.2, 0.25) is 0 Å². The molecule has 0 bridgehead atoms. The molecule has 0 aliphatic heterocycles. The van der Waals surface area contributed by atoms with E-state index in [4.69, 9.17) is 0 Å². The molecule has 0 spiro atoms. The molecule has 2 rings (SSSR count). The first-order chi connectivity index (χ1) is 8.51. The Labute approximate surface area is 103 Å². The van der Waals surface area contributed by atoms with Crippen LogP contribution in [0.2, 0.25) is 0 Å². The average molecular weight is 257 g/mol. The summed E-state index contributed by atoms with van der Waals surface area (Å²) in [6.07, 6.45) is 0.00122. The summed E-state index contributed by atoms with van der Waals surface area (Å²) in [5.74, 6) is -0.178. The molecule has 1 heterocycles. The predicted octanol–water partition coefficient (Wildman–Crippen LogP) is 4.41. The minimum absolute atomic E-state index is 0.178.